The minimum Gasteiger partial charge on any atom is -0.0992 e. The van der Waals surface area contributed by atoms with Gasteiger partial charge in [-0.25, -0.2) is 0 Å². The molecule has 9 unspecified atom stereocenters. The summed E-state index contributed by atoms with van der Waals surface area (Å²) in [7, 11) is 0. The quantitative estimate of drug-likeness (QED) is 0.283. The second-order valence-electron chi connectivity index (χ2n) is 18.4. The number of hydrogen-bond donors (Lipinski definition) is 0. The second-order valence-corrected chi connectivity index (χ2v) is 18.4. The summed E-state index contributed by atoms with van der Waals surface area (Å²) in [5.74, 6) is 10.1. The third-order valence-corrected chi connectivity index (χ3v) is 15.5. The molecule has 0 heterocycles. The van der Waals surface area contributed by atoms with Gasteiger partial charge in [-0.1, -0.05) is 119 Å². The van der Waals surface area contributed by atoms with Crippen molar-refractivity contribution in [3.05, 3.63) is 36.0 Å². The van der Waals surface area contributed by atoms with E-state index in [0.29, 0.717) is 34.0 Å². The summed E-state index contributed by atoms with van der Waals surface area (Å²) in [4.78, 5) is 0. The molecule has 0 saturated heterocycles. The summed E-state index contributed by atoms with van der Waals surface area (Å²) in [6, 6.07) is 0. The van der Waals surface area contributed by atoms with Crippen molar-refractivity contribution >= 4 is 0 Å². The van der Waals surface area contributed by atoms with Crippen molar-refractivity contribution < 1.29 is 0 Å². The average Bonchev–Trinajstić information content (AvgIpc) is 3.37. The van der Waals surface area contributed by atoms with Crippen LogP contribution >= 0.6 is 0 Å². The zero-order chi connectivity index (χ0) is 30.2. The van der Waals surface area contributed by atoms with Crippen LogP contribution in [0.4, 0.5) is 0 Å². The number of fused-ring (bicyclic) bond motifs is 3. The van der Waals surface area contributed by atoms with Gasteiger partial charge in [-0.05, 0) is 138 Å². The highest BCUT2D eigenvalue weighted by Crippen LogP contribution is 2.76. The molecular weight excluding hydrogens is 492 g/mol. The van der Waals surface area contributed by atoms with Crippen molar-refractivity contribution in [2.45, 2.75) is 128 Å². The van der Waals surface area contributed by atoms with E-state index >= 15 is 0 Å². The van der Waals surface area contributed by atoms with Crippen LogP contribution in [0.1, 0.15) is 128 Å². The summed E-state index contributed by atoms with van der Waals surface area (Å²) in [5, 5.41) is 0. The third-order valence-electron chi connectivity index (χ3n) is 15.5. The molecule has 0 bridgehead atoms. The highest BCUT2D eigenvalue weighted by atomic mass is 14.7. The first-order chi connectivity index (χ1) is 19.1. The molecule has 5 rings (SSSR count). The Hall–Kier alpha value is -0.780. The molecule has 0 amide bonds. The van der Waals surface area contributed by atoms with E-state index in [1.54, 1.807) is 11.1 Å². The molecule has 5 aliphatic carbocycles. The SMILES string of the molecule is C=C1C2C(C)C(CCC3=CCC=C3)CC(C(C)C)C2C[C@]2(C)C[C@]3(C)[C@@H](C(C)C)C(C)C(C(C)C)C[C@]3(C)C(C)C12. The highest BCUT2D eigenvalue weighted by Gasteiger charge is 2.69. The van der Waals surface area contributed by atoms with Gasteiger partial charge in [0.25, 0.3) is 0 Å². The lowest BCUT2D eigenvalue weighted by Gasteiger charge is -2.73. The van der Waals surface area contributed by atoms with Crippen LogP contribution in [0, 0.1) is 93.2 Å². The zero-order valence-corrected chi connectivity index (χ0v) is 29.4. The van der Waals surface area contributed by atoms with Crippen molar-refractivity contribution in [3.63, 3.8) is 0 Å². The molecule has 4 fully saturated rings. The van der Waals surface area contributed by atoms with Gasteiger partial charge in [0.1, 0.15) is 0 Å². The fraction of sp³-hybridized carbons (Fsp3) is 0.854. The van der Waals surface area contributed by atoms with E-state index in [1.807, 2.05) is 0 Å². The van der Waals surface area contributed by atoms with Gasteiger partial charge in [0.2, 0.25) is 0 Å². The molecular formula is C41H68. The van der Waals surface area contributed by atoms with Crippen LogP contribution in [0.15, 0.2) is 36.0 Å². The monoisotopic (exact) mass is 561 g/mol. The van der Waals surface area contributed by atoms with Gasteiger partial charge in [0, 0.05) is 0 Å². The van der Waals surface area contributed by atoms with E-state index in [1.165, 1.54) is 38.5 Å². The molecule has 0 aliphatic heterocycles. The van der Waals surface area contributed by atoms with Gasteiger partial charge < -0.3 is 0 Å². The first-order valence-electron chi connectivity index (χ1n) is 18.1. The molecule has 41 heavy (non-hydrogen) atoms. The maximum absolute atomic E-state index is 5.19. The topological polar surface area (TPSA) is 0 Å². The van der Waals surface area contributed by atoms with E-state index in [-0.39, 0.29) is 0 Å². The smallest absolute Gasteiger partial charge is 0.0118 e. The van der Waals surface area contributed by atoms with Crippen LogP contribution in [-0.2, 0) is 0 Å². The molecule has 4 saturated carbocycles. The third kappa shape index (κ3) is 4.82. The Labute approximate surface area is 256 Å². The molecule has 13 atom stereocenters. The first-order valence-corrected chi connectivity index (χ1v) is 18.1. The lowest BCUT2D eigenvalue weighted by atomic mass is 9.31. The molecule has 232 valence electrons. The van der Waals surface area contributed by atoms with Crippen LogP contribution < -0.4 is 0 Å². The number of allylic oxidation sites excluding steroid dienone is 5. The van der Waals surface area contributed by atoms with Gasteiger partial charge in [-0.2, -0.15) is 0 Å². The molecule has 5 aliphatic rings. The predicted molar refractivity (Wildman–Crippen MR) is 179 cm³/mol. The van der Waals surface area contributed by atoms with E-state index < -0.39 is 0 Å². The van der Waals surface area contributed by atoms with Gasteiger partial charge in [0.05, 0.1) is 0 Å². The Morgan fingerprint density at radius 2 is 1.51 bits per heavy atom. The standard InChI is InChI=1S/C41H68/c1-24(2)33-20-32(19-18-31-16-14-15-17-31)27(7)36-29(9)38-30(10)40(12)22-34(25(3)4)28(8)37(26(5)6)41(40,13)23-39(38,11)21-35(33)36/h14,16-17,24-28,30,32-38H,9,15,18-23H2,1-8,10-13H3/t27?,28?,30?,32?,33?,34?,35?,36?,37-,38?,39+,40+,41+/m0/s1. The van der Waals surface area contributed by atoms with Crippen molar-refractivity contribution in [2.75, 3.05) is 0 Å². The second kappa shape index (κ2) is 11.0. The summed E-state index contributed by atoms with van der Waals surface area (Å²) >= 11 is 0. The van der Waals surface area contributed by atoms with Crippen molar-refractivity contribution in [1.29, 1.82) is 0 Å². The Morgan fingerprint density at radius 3 is 2.07 bits per heavy atom. The summed E-state index contributed by atoms with van der Waals surface area (Å²) in [6.45, 7) is 36.7. The van der Waals surface area contributed by atoms with Gasteiger partial charge >= 0.3 is 0 Å². The van der Waals surface area contributed by atoms with E-state index in [0.717, 1.165) is 65.6 Å². The Kier molecular flexibility index (Phi) is 8.48. The molecule has 0 spiro atoms. The summed E-state index contributed by atoms with van der Waals surface area (Å²) < 4.78 is 0. The van der Waals surface area contributed by atoms with Crippen molar-refractivity contribution in [1.82, 2.24) is 0 Å². The van der Waals surface area contributed by atoms with Crippen LogP contribution in [0.25, 0.3) is 0 Å². The van der Waals surface area contributed by atoms with E-state index in [9.17, 15) is 0 Å². The van der Waals surface area contributed by atoms with E-state index in [2.05, 4.69) is 101 Å². The molecule has 0 heteroatoms. The summed E-state index contributed by atoms with van der Waals surface area (Å²) in [5.41, 5.74) is 4.43. The zero-order valence-electron chi connectivity index (χ0n) is 29.4. The molecule has 0 aromatic rings. The lowest BCUT2D eigenvalue weighted by Crippen LogP contribution is -2.66. The van der Waals surface area contributed by atoms with Gasteiger partial charge in [-0.15, -0.1) is 0 Å². The van der Waals surface area contributed by atoms with Crippen LogP contribution in [0.2, 0.25) is 0 Å². The Morgan fingerprint density at radius 1 is 0.854 bits per heavy atom. The maximum Gasteiger partial charge on any atom is -0.0118 e. The Balaban J connectivity index is 1.52. The minimum atomic E-state index is 0.374. The average molecular weight is 561 g/mol. The molecule has 0 aromatic heterocycles. The fourth-order valence-corrected chi connectivity index (χ4v) is 13.8. The molecule has 0 nitrogen and oxygen atoms in total. The van der Waals surface area contributed by atoms with Crippen LogP contribution in [0.5, 0.6) is 0 Å². The normalized spacial score (nSPS) is 49.7. The van der Waals surface area contributed by atoms with Crippen molar-refractivity contribution in [2.24, 2.45) is 93.2 Å². The van der Waals surface area contributed by atoms with Crippen molar-refractivity contribution in [3.8, 4) is 0 Å². The lowest BCUT2D eigenvalue weighted by molar-refractivity contribution is -0.230. The minimum absolute atomic E-state index is 0.374. The van der Waals surface area contributed by atoms with Crippen LogP contribution in [0.3, 0.4) is 0 Å². The molecule has 0 N–H and O–H groups in total. The number of hydrogen-bond acceptors (Lipinski definition) is 0. The summed E-state index contributed by atoms with van der Waals surface area (Å²) in [6.07, 6.45) is 16.7. The molecule has 0 radical (unpaired) electrons. The predicted octanol–water partition coefficient (Wildman–Crippen LogP) is 12.0. The van der Waals surface area contributed by atoms with E-state index in [4.69, 9.17) is 6.58 Å². The maximum atomic E-state index is 5.19. The van der Waals surface area contributed by atoms with Gasteiger partial charge in [0.15, 0.2) is 0 Å². The number of rotatable bonds is 6. The fourth-order valence-electron chi connectivity index (χ4n) is 13.8. The molecule has 0 aromatic carbocycles. The highest BCUT2D eigenvalue weighted by molar-refractivity contribution is 5.28. The largest absolute Gasteiger partial charge is 0.0992 e. The van der Waals surface area contributed by atoms with Gasteiger partial charge in [-0.3, -0.25) is 0 Å². The first kappa shape index (κ1) is 31.6. The Bertz CT molecular complexity index is 1040. The van der Waals surface area contributed by atoms with Crippen LogP contribution in [-0.4, -0.2) is 0 Å².